The topological polar surface area (TPSA) is 56.2 Å². The van der Waals surface area contributed by atoms with Gasteiger partial charge in [0.25, 0.3) is 0 Å². The second-order valence-corrected chi connectivity index (χ2v) is 9.08. The number of hydrogen-bond acceptors (Lipinski definition) is 3. The number of carbonyl (C=O) groups excluding carboxylic acids is 1. The maximum absolute atomic E-state index is 12.5. The van der Waals surface area contributed by atoms with E-state index in [1.807, 2.05) is 67.6 Å². The number of benzene rings is 4. The molecule has 1 amide bonds. The van der Waals surface area contributed by atoms with Crippen LogP contribution in [0.2, 0.25) is 0 Å². The molecule has 0 unspecified atom stereocenters. The van der Waals surface area contributed by atoms with E-state index < -0.39 is 0 Å². The zero-order valence-electron chi connectivity index (χ0n) is 20.6. The van der Waals surface area contributed by atoms with Gasteiger partial charge in [0.05, 0.1) is 24.1 Å². The molecule has 0 atom stereocenters. The van der Waals surface area contributed by atoms with E-state index >= 15 is 0 Å². The van der Waals surface area contributed by atoms with Crippen LogP contribution in [-0.2, 0) is 24.2 Å². The number of fused-ring (bicyclic) bond motifs is 2. The highest BCUT2D eigenvalue weighted by molar-refractivity contribution is 5.83. The number of nitrogens with zero attached hydrogens (tertiary/aromatic N) is 2. The minimum atomic E-state index is 0.0377. The molecule has 0 aliphatic rings. The van der Waals surface area contributed by atoms with Crippen LogP contribution in [0.25, 0.3) is 21.8 Å². The third-order valence-corrected chi connectivity index (χ3v) is 6.53. The van der Waals surface area contributed by atoms with E-state index in [1.54, 1.807) is 0 Å². The average Bonchev–Trinajstić information content (AvgIpc) is 3.25. The normalized spacial score (nSPS) is 11.1. The summed E-state index contributed by atoms with van der Waals surface area (Å²) < 4.78 is 8.31. The van der Waals surface area contributed by atoms with E-state index in [0.717, 1.165) is 46.7 Å². The summed E-state index contributed by atoms with van der Waals surface area (Å²) in [6.07, 6.45) is 1.94. The van der Waals surface area contributed by atoms with Crippen molar-refractivity contribution in [3.8, 4) is 5.75 Å². The van der Waals surface area contributed by atoms with Gasteiger partial charge in [-0.2, -0.15) is 0 Å². The van der Waals surface area contributed by atoms with Crippen LogP contribution >= 0.6 is 0 Å². The molecule has 0 spiro atoms. The Morgan fingerprint density at radius 2 is 1.69 bits per heavy atom. The lowest BCUT2D eigenvalue weighted by molar-refractivity contribution is -0.120. The summed E-state index contributed by atoms with van der Waals surface area (Å²) in [5.74, 6) is 1.91. The fraction of sp³-hybridized carbons (Fsp3) is 0.226. The minimum absolute atomic E-state index is 0.0377. The van der Waals surface area contributed by atoms with Gasteiger partial charge < -0.3 is 14.6 Å². The molecule has 5 nitrogen and oxygen atoms in total. The van der Waals surface area contributed by atoms with Crippen molar-refractivity contribution < 1.29 is 9.53 Å². The van der Waals surface area contributed by atoms with Gasteiger partial charge in [0.1, 0.15) is 11.6 Å². The SMILES string of the molecule is Cc1ccccc1CC(=O)NCCc1nc2ccccc2n1CCCOc1ccc2ccccc2c1. The predicted octanol–water partition coefficient (Wildman–Crippen LogP) is 5.87. The van der Waals surface area contributed by atoms with Gasteiger partial charge in [0.15, 0.2) is 0 Å². The summed E-state index contributed by atoms with van der Waals surface area (Å²) >= 11 is 0. The highest BCUT2D eigenvalue weighted by Gasteiger charge is 2.11. The van der Waals surface area contributed by atoms with Gasteiger partial charge in [0, 0.05) is 19.5 Å². The third-order valence-electron chi connectivity index (χ3n) is 6.53. The Bertz CT molecular complexity index is 1490. The molecule has 0 fully saturated rings. The van der Waals surface area contributed by atoms with Crippen LogP contribution in [0.3, 0.4) is 0 Å². The van der Waals surface area contributed by atoms with Crippen LogP contribution in [0.1, 0.15) is 23.4 Å². The Kier molecular flexibility index (Phi) is 7.27. The monoisotopic (exact) mass is 477 g/mol. The summed E-state index contributed by atoms with van der Waals surface area (Å²) in [5, 5.41) is 5.46. The number of para-hydroxylation sites is 2. The van der Waals surface area contributed by atoms with E-state index in [4.69, 9.17) is 9.72 Å². The van der Waals surface area contributed by atoms with E-state index in [1.165, 1.54) is 10.8 Å². The first-order valence-electron chi connectivity index (χ1n) is 12.5. The van der Waals surface area contributed by atoms with E-state index in [0.29, 0.717) is 26.0 Å². The zero-order chi connectivity index (χ0) is 24.7. The predicted molar refractivity (Wildman–Crippen MR) is 145 cm³/mol. The smallest absolute Gasteiger partial charge is 0.224 e. The number of imidazole rings is 1. The molecule has 5 rings (SSSR count). The number of rotatable bonds is 10. The van der Waals surface area contributed by atoms with Crippen LogP contribution in [-0.4, -0.2) is 28.6 Å². The van der Waals surface area contributed by atoms with Crippen LogP contribution in [0, 0.1) is 6.92 Å². The summed E-state index contributed by atoms with van der Waals surface area (Å²) in [6, 6.07) is 30.7. The molecule has 0 saturated heterocycles. The Morgan fingerprint density at radius 1 is 0.917 bits per heavy atom. The zero-order valence-corrected chi connectivity index (χ0v) is 20.6. The average molecular weight is 478 g/mol. The molecule has 1 aromatic heterocycles. The van der Waals surface area contributed by atoms with E-state index in [2.05, 4.69) is 40.2 Å². The van der Waals surface area contributed by atoms with Crippen LogP contribution in [0.4, 0.5) is 0 Å². The largest absolute Gasteiger partial charge is 0.494 e. The summed E-state index contributed by atoms with van der Waals surface area (Å²) in [4.78, 5) is 17.3. The van der Waals surface area contributed by atoms with Crippen molar-refractivity contribution in [1.29, 1.82) is 0 Å². The lowest BCUT2D eigenvalue weighted by atomic mass is 10.1. The van der Waals surface area contributed by atoms with Gasteiger partial charge in [-0.1, -0.05) is 66.7 Å². The van der Waals surface area contributed by atoms with E-state index in [9.17, 15) is 4.79 Å². The molecule has 0 bridgehead atoms. The molecule has 0 saturated carbocycles. The van der Waals surface area contributed by atoms with Crippen LogP contribution in [0.15, 0.2) is 91.0 Å². The molecular weight excluding hydrogens is 446 g/mol. The van der Waals surface area contributed by atoms with Gasteiger partial charge in [-0.25, -0.2) is 4.98 Å². The Labute approximate surface area is 211 Å². The van der Waals surface area contributed by atoms with Crippen molar-refractivity contribution in [3.05, 3.63) is 108 Å². The Hall–Kier alpha value is -4.12. The maximum Gasteiger partial charge on any atom is 0.224 e. The number of nitrogens with one attached hydrogen (secondary N) is 1. The number of amides is 1. The second kappa shape index (κ2) is 11.1. The Morgan fingerprint density at radius 3 is 2.58 bits per heavy atom. The molecule has 182 valence electrons. The number of carbonyl (C=O) groups is 1. The van der Waals surface area contributed by atoms with E-state index in [-0.39, 0.29) is 5.91 Å². The van der Waals surface area contributed by atoms with Gasteiger partial charge >= 0.3 is 0 Å². The Balaban J connectivity index is 1.18. The molecule has 36 heavy (non-hydrogen) atoms. The van der Waals surface area contributed by atoms with Crippen molar-refractivity contribution in [3.63, 3.8) is 0 Å². The molecule has 1 heterocycles. The quantitative estimate of drug-likeness (QED) is 0.256. The number of aromatic nitrogens is 2. The minimum Gasteiger partial charge on any atom is -0.494 e. The number of aryl methyl sites for hydroxylation is 2. The molecule has 5 aromatic rings. The fourth-order valence-corrected chi connectivity index (χ4v) is 4.59. The molecule has 1 N–H and O–H groups in total. The first-order valence-corrected chi connectivity index (χ1v) is 12.5. The maximum atomic E-state index is 12.5. The van der Waals surface area contributed by atoms with Crippen molar-refractivity contribution in [2.24, 2.45) is 0 Å². The molecular formula is C31H31N3O2. The van der Waals surface area contributed by atoms with Crippen molar-refractivity contribution >= 4 is 27.7 Å². The lowest BCUT2D eigenvalue weighted by Gasteiger charge is -2.12. The van der Waals surface area contributed by atoms with Crippen LogP contribution in [0.5, 0.6) is 5.75 Å². The first kappa shape index (κ1) is 23.6. The third kappa shape index (κ3) is 5.57. The summed E-state index contributed by atoms with van der Waals surface area (Å²) in [7, 11) is 0. The highest BCUT2D eigenvalue weighted by Crippen LogP contribution is 2.21. The molecule has 5 heteroatoms. The van der Waals surface area contributed by atoms with Crippen LogP contribution < -0.4 is 10.1 Å². The van der Waals surface area contributed by atoms with Gasteiger partial charge in [-0.15, -0.1) is 0 Å². The molecule has 0 radical (unpaired) electrons. The molecule has 0 aliphatic heterocycles. The molecule has 0 aliphatic carbocycles. The summed E-state index contributed by atoms with van der Waals surface area (Å²) in [5.41, 5.74) is 4.30. The lowest BCUT2D eigenvalue weighted by Crippen LogP contribution is -2.28. The van der Waals surface area contributed by atoms with Gasteiger partial charge in [-0.3, -0.25) is 4.79 Å². The van der Waals surface area contributed by atoms with Crippen molar-refractivity contribution in [1.82, 2.24) is 14.9 Å². The van der Waals surface area contributed by atoms with Gasteiger partial charge in [0.2, 0.25) is 5.91 Å². The second-order valence-electron chi connectivity index (χ2n) is 9.08. The fourth-order valence-electron chi connectivity index (χ4n) is 4.59. The van der Waals surface area contributed by atoms with Gasteiger partial charge in [-0.05, 0) is 59.5 Å². The highest BCUT2D eigenvalue weighted by atomic mass is 16.5. The summed E-state index contributed by atoms with van der Waals surface area (Å²) in [6.45, 7) is 4.02. The standard InChI is InChI=1S/C31H31N3O2/c1-23-9-2-3-11-25(23)22-31(35)32-18-17-30-33-28-13-6-7-14-29(28)34(30)19-8-20-36-27-16-15-24-10-4-5-12-26(24)21-27/h2-7,9-16,21H,8,17-20,22H2,1H3,(H,32,35). The number of hydrogen-bond donors (Lipinski definition) is 1. The van der Waals surface area contributed by atoms with Crippen molar-refractivity contribution in [2.75, 3.05) is 13.2 Å². The molecule has 4 aromatic carbocycles. The van der Waals surface area contributed by atoms with Crippen molar-refractivity contribution in [2.45, 2.75) is 32.7 Å². The first-order chi connectivity index (χ1) is 17.7. The number of ether oxygens (including phenoxy) is 1.